The molecule has 3 rings (SSSR count). The lowest BCUT2D eigenvalue weighted by Crippen LogP contribution is -1.90. The highest BCUT2D eigenvalue weighted by Crippen LogP contribution is 2.26. The van der Waals surface area contributed by atoms with Crippen LogP contribution in [0.15, 0.2) is 75.9 Å². The summed E-state index contributed by atoms with van der Waals surface area (Å²) < 4.78 is 0. The van der Waals surface area contributed by atoms with Gasteiger partial charge in [-0.2, -0.15) is 0 Å². The first kappa shape index (κ1) is 18.8. The molecular weight excluding hydrogens is 387 g/mol. The molecule has 1 heterocycles. The molecule has 3 aromatic rings. The molecule has 0 bridgehead atoms. The first-order chi connectivity index (χ1) is 12.6. The van der Waals surface area contributed by atoms with Crippen molar-refractivity contribution in [3.63, 3.8) is 0 Å². The largest absolute Gasteiger partial charge is 0.391 e. The summed E-state index contributed by atoms with van der Waals surface area (Å²) in [6.45, 7) is 2.35. The Morgan fingerprint density at radius 1 is 1.08 bits per heavy atom. The quantitative estimate of drug-likeness (QED) is 0.353. The lowest BCUT2D eigenvalue weighted by molar-refractivity contribution is 0.132. The van der Waals surface area contributed by atoms with E-state index in [-0.39, 0.29) is 6.61 Å². The van der Waals surface area contributed by atoms with Crippen LogP contribution in [-0.4, -0.2) is 11.2 Å². The number of rotatable bonds is 6. The molecule has 3 nitrogen and oxygen atoms in total. The number of aryl methyl sites for hydroxylation is 1. The molecule has 0 aliphatic carbocycles. The van der Waals surface area contributed by atoms with E-state index in [1.54, 1.807) is 36.3 Å². The SMILES string of the molecule is Cc1ccc(Sc2ccc(C=NOCc3ccc(Cl)cc3Cl)cn2)cc1. The molecule has 0 aliphatic rings. The Balaban J connectivity index is 1.53. The number of hydrogen-bond acceptors (Lipinski definition) is 4. The monoisotopic (exact) mass is 402 g/mol. The maximum atomic E-state index is 6.09. The Hall–Kier alpha value is -2.01. The molecule has 0 saturated carbocycles. The fourth-order valence-electron chi connectivity index (χ4n) is 2.10. The lowest BCUT2D eigenvalue weighted by Gasteiger charge is -2.03. The second-order valence-electron chi connectivity index (χ2n) is 5.59. The summed E-state index contributed by atoms with van der Waals surface area (Å²) in [5.74, 6) is 0. The van der Waals surface area contributed by atoms with Crippen LogP contribution in [0.5, 0.6) is 0 Å². The van der Waals surface area contributed by atoms with E-state index < -0.39 is 0 Å². The van der Waals surface area contributed by atoms with Gasteiger partial charge in [0.1, 0.15) is 11.6 Å². The molecule has 2 aromatic carbocycles. The van der Waals surface area contributed by atoms with Crippen LogP contribution in [-0.2, 0) is 11.4 Å². The molecule has 0 saturated heterocycles. The van der Waals surface area contributed by atoms with E-state index in [0.717, 1.165) is 21.0 Å². The summed E-state index contributed by atoms with van der Waals surface area (Å²) in [6, 6.07) is 17.5. The van der Waals surface area contributed by atoms with Crippen LogP contribution >= 0.6 is 35.0 Å². The predicted molar refractivity (Wildman–Crippen MR) is 108 cm³/mol. The highest BCUT2D eigenvalue weighted by molar-refractivity contribution is 7.99. The highest BCUT2D eigenvalue weighted by atomic mass is 35.5. The number of aromatic nitrogens is 1. The van der Waals surface area contributed by atoms with E-state index in [1.165, 1.54) is 5.56 Å². The smallest absolute Gasteiger partial charge is 0.143 e. The fraction of sp³-hybridized carbons (Fsp3) is 0.100. The first-order valence-corrected chi connectivity index (χ1v) is 9.47. The summed E-state index contributed by atoms with van der Waals surface area (Å²) in [4.78, 5) is 10.9. The molecule has 0 unspecified atom stereocenters. The third-order valence-electron chi connectivity index (χ3n) is 3.51. The van der Waals surface area contributed by atoms with Crippen LogP contribution in [0.3, 0.4) is 0 Å². The van der Waals surface area contributed by atoms with Gasteiger partial charge in [-0.3, -0.25) is 0 Å². The van der Waals surface area contributed by atoms with Crippen LogP contribution < -0.4 is 0 Å². The molecule has 0 amide bonds. The Bertz CT molecular complexity index is 897. The van der Waals surface area contributed by atoms with Crippen molar-refractivity contribution in [2.24, 2.45) is 5.16 Å². The molecule has 132 valence electrons. The molecule has 0 fully saturated rings. The molecule has 1 aromatic heterocycles. The number of nitrogens with zero attached hydrogens (tertiary/aromatic N) is 2. The number of pyridine rings is 1. The molecule has 26 heavy (non-hydrogen) atoms. The Morgan fingerprint density at radius 3 is 2.58 bits per heavy atom. The Labute approximate surface area is 167 Å². The standard InChI is InChI=1S/C20H16Cl2N2OS/c1-14-2-7-18(8-3-14)26-20-9-4-15(11-23-20)12-24-25-13-16-5-6-17(21)10-19(16)22/h2-12H,13H2,1H3. The van der Waals surface area contributed by atoms with Gasteiger partial charge >= 0.3 is 0 Å². The molecule has 0 radical (unpaired) electrons. The van der Waals surface area contributed by atoms with Crippen LogP contribution in [0, 0.1) is 6.92 Å². The molecule has 6 heteroatoms. The van der Waals surface area contributed by atoms with Gasteiger partial charge in [0.2, 0.25) is 0 Å². The molecule has 0 N–H and O–H groups in total. The number of hydrogen-bond donors (Lipinski definition) is 0. The van der Waals surface area contributed by atoms with E-state index >= 15 is 0 Å². The maximum absolute atomic E-state index is 6.09. The van der Waals surface area contributed by atoms with Crippen molar-refractivity contribution in [1.29, 1.82) is 0 Å². The summed E-state index contributed by atoms with van der Waals surface area (Å²) in [5, 5.41) is 6.05. The van der Waals surface area contributed by atoms with Crippen molar-refractivity contribution in [2.45, 2.75) is 23.5 Å². The van der Waals surface area contributed by atoms with E-state index in [2.05, 4.69) is 41.3 Å². The van der Waals surface area contributed by atoms with Crippen molar-refractivity contribution < 1.29 is 4.84 Å². The van der Waals surface area contributed by atoms with Gasteiger partial charge in [-0.05, 0) is 43.3 Å². The maximum Gasteiger partial charge on any atom is 0.143 e. The molecular formula is C20H16Cl2N2OS. The van der Waals surface area contributed by atoms with E-state index in [9.17, 15) is 0 Å². The molecule has 0 atom stereocenters. The van der Waals surface area contributed by atoms with Gasteiger partial charge in [0, 0.05) is 32.3 Å². The van der Waals surface area contributed by atoms with Gasteiger partial charge < -0.3 is 4.84 Å². The van der Waals surface area contributed by atoms with Gasteiger partial charge in [-0.25, -0.2) is 4.98 Å². The minimum absolute atomic E-state index is 0.279. The third kappa shape index (κ3) is 5.49. The van der Waals surface area contributed by atoms with Gasteiger partial charge in [-0.15, -0.1) is 0 Å². The van der Waals surface area contributed by atoms with Gasteiger partial charge in [0.25, 0.3) is 0 Å². The van der Waals surface area contributed by atoms with Gasteiger partial charge in [0.15, 0.2) is 0 Å². The van der Waals surface area contributed by atoms with Gasteiger partial charge in [0.05, 0.1) is 6.21 Å². The molecule has 0 aliphatic heterocycles. The van der Waals surface area contributed by atoms with Crippen molar-refractivity contribution in [1.82, 2.24) is 4.98 Å². The highest BCUT2D eigenvalue weighted by Gasteiger charge is 2.02. The number of benzene rings is 2. The zero-order valence-corrected chi connectivity index (χ0v) is 16.4. The first-order valence-electron chi connectivity index (χ1n) is 7.90. The number of oxime groups is 1. The normalized spacial score (nSPS) is 11.0. The van der Waals surface area contributed by atoms with Crippen molar-refractivity contribution in [3.05, 3.63) is 87.5 Å². The minimum Gasteiger partial charge on any atom is -0.391 e. The van der Waals surface area contributed by atoms with Crippen molar-refractivity contribution >= 4 is 41.2 Å². The van der Waals surface area contributed by atoms with E-state index in [0.29, 0.717) is 10.0 Å². The Kier molecular flexibility index (Phi) is 6.56. The van der Waals surface area contributed by atoms with Crippen LogP contribution in [0.4, 0.5) is 0 Å². The minimum atomic E-state index is 0.279. The van der Waals surface area contributed by atoms with E-state index in [1.807, 2.05) is 18.2 Å². The van der Waals surface area contributed by atoms with Crippen molar-refractivity contribution in [3.8, 4) is 0 Å². The van der Waals surface area contributed by atoms with Crippen LogP contribution in [0.2, 0.25) is 10.0 Å². The van der Waals surface area contributed by atoms with Crippen LogP contribution in [0.25, 0.3) is 0 Å². The summed E-state index contributed by atoms with van der Waals surface area (Å²) in [6.07, 6.45) is 3.38. The van der Waals surface area contributed by atoms with Gasteiger partial charge in [-0.1, -0.05) is 63.9 Å². The Morgan fingerprint density at radius 2 is 1.88 bits per heavy atom. The summed E-state index contributed by atoms with van der Waals surface area (Å²) in [5.41, 5.74) is 2.94. The second kappa shape index (κ2) is 9.08. The summed E-state index contributed by atoms with van der Waals surface area (Å²) >= 11 is 13.6. The fourth-order valence-corrected chi connectivity index (χ4v) is 3.32. The topological polar surface area (TPSA) is 34.5 Å². The number of halogens is 2. The average Bonchev–Trinajstić information content (AvgIpc) is 2.63. The van der Waals surface area contributed by atoms with Crippen molar-refractivity contribution in [2.75, 3.05) is 0 Å². The average molecular weight is 403 g/mol. The predicted octanol–water partition coefficient (Wildman–Crippen LogP) is 6.40. The second-order valence-corrected chi connectivity index (χ2v) is 7.53. The summed E-state index contributed by atoms with van der Waals surface area (Å²) in [7, 11) is 0. The molecule has 0 spiro atoms. The zero-order valence-electron chi connectivity index (χ0n) is 14.0. The zero-order chi connectivity index (χ0) is 18.4. The van der Waals surface area contributed by atoms with E-state index in [4.69, 9.17) is 28.0 Å². The lowest BCUT2D eigenvalue weighted by atomic mass is 10.2. The third-order valence-corrected chi connectivity index (χ3v) is 5.06. The van der Waals surface area contributed by atoms with Crippen LogP contribution in [0.1, 0.15) is 16.7 Å².